The monoisotopic (exact) mass is 290 g/mol. The van der Waals surface area contributed by atoms with Crippen LogP contribution in [0.25, 0.3) is 0 Å². The third-order valence-electron chi connectivity index (χ3n) is 1.59. The van der Waals surface area contributed by atoms with Gasteiger partial charge in [0.1, 0.15) is 6.29 Å². The topological polar surface area (TPSA) is 17.1 Å². The molecule has 76 valence electrons. The van der Waals surface area contributed by atoms with Gasteiger partial charge >= 0.3 is 0 Å². The fourth-order valence-electron chi connectivity index (χ4n) is 0.913. The summed E-state index contributed by atoms with van der Waals surface area (Å²) in [5.74, 6) is 0. The van der Waals surface area contributed by atoms with E-state index in [0.717, 1.165) is 0 Å². The van der Waals surface area contributed by atoms with E-state index in [0.29, 0.717) is 11.8 Å². The van der Waals surface area contributed by atoms with Crippen LogP contribution in [0.5, 0.6) is 0 Å². The number of carbonyl (C=O) groups excluding carboxylic acids is 1. The molecule has 0 atom stereocenters. The second-order valence-corrected chi connectivity index (χ2v) is 4.31. The molecule has 0 heterocycles. The van der Waals surface area contributed by atoms with Crippen molar-refractivity contribution < 1.29 is 4.79 Å². The van der Waals surface area contributed by atoms with Crippen LogP contribution < -0.4 is 0 Å². The van der Waals surface area contributed by atoms with Gasteiger partial charge in [0.25, 0.3) is 0 Å². The zero-order chi connectivity index (χ0) is 10.9. The van der Waals surface area contributed by atoms with E-state index in [1.807, 2.05) is 0 Å². The maximum absolute atomic E-state index is 10.3. The van der Waals surface area contributed by atoms with Crippen molar-refractivity contribution in [2.45, 2.75) is 6.42 Å². The molecule has 6 heteroatoms. The highest BCUT2D eigenvalue weighted by Gasteiger charge is 2.18. The van der Waals surface area contributed by atoms with E-state index in [9.17, 15) is 4.79 Å². The summed E-state index contributed by atoms with van der Waals surface area (Å²) >= 11 is 29.0. The molecule has 14 heavy (non-hydrogen) atoms. The molecule has 0 fully saturated rings. The molecular weight excluding hydrogens is 289 g/mol. The Balaban J connectivity index is 3.50. The standard InChI is InChI=1S/C8H3Cl5O/c9-4-3(1-2-14)5(10)7(12)8(13)6(4)11/h2H,1H2. The molecule has 0 unspecified atom stereocenters. The van der Waals surface area contributed by atoms with Gasteiger partial charge in [-0.25, -0.2) is 0 Å². The number of benzene rings is 1. The Morgan fingerprint density at radius 1 is 0.786 bits per heavy atom. The van der Waals surface area contributed by atoms with Gasteiger partial charge in [0.05, 0.1) is 25.1 Å². The van der Waals surface area contributed by atoms with Crippen LogP contribution in [0.4, 0.5) is 0 Å². The molecule has 0 N–H and O–H groups in total. The maximum Gasteiger partial charge on any atom is 0.124 e. The lowest BCUT2D eigenvalue weighted by atomic mass is 10.1. The second-order valence-electron chi connectivity index (χ2n) is 2.42. The normalized spacial score (nSPS) is 10.4. The van der Waals surface area contributed by atoms with Crippen molar-refractivity contribution in [2.75, 3.05) is 0 Å². The molecule has 1 aromatic carbocycles. The van der Waals surface area contributed by atoms with Gasteiger partial charge in [-0.3, -0.25) is 0 Å². The van der Waals surface area contributed by atoms with Crippen molar-refractivity contribution in [3.8, 4) is 0 Å². The van der Waals surface area contributed by atoms with E-state index >= 15 is 0 Å². The van der Waals surface area contributed by atoms with Crippen molar-refractivity contribution in [3.05, 3.63) is 30.7 Å². The molecule has 0 amide bonds. The van der Waals surface area contributed by atoms with E-state index in [-0.39, 0.29) is 31.5 Å². The van der Waals surface area contributed by atoms with Gasteiger partial charge < -0.3 is 4.79 Å². The Morgan fingerprint density at radius 2 is 1.14 bits per heavy atom. The number of rotatable bonds is 2. The first-order valence-corrected chi connectivity index (χ1v) is 5.33. The average molecular weight is 292 g/mol. The number of hydrogen-bond donors (Lipinski definition) is 0. The molecule has 0 saturated heterocycles. The van der Waals surface area contributed by atoms with Crippen LogP contribution in [-0.4, -0.2) is 6.29 Å². The summed E-state index contributed by atoms with van der Waals surface area (Å²) in [6.07, 6.45) is 0.710. The van der Waals surface area contributed by atoms with E-state index in [1.54, 1.807) is 0 Å². The van der Waals surface area contributed by atoms with Crippen LogP contribution in [0, 0.1) is 0 Å². The van der Waals surface area contributed by atoms with Gasteiger partial charge in [-0.2, -0.15) is 0 Å². The Kier molecular flexibility index (Phi) is 4.35. The SMILES string of the molecule is O=CCc1c(Cl)c(Cl)c(Cl)c(Cl)c1Cl. The summed E-state index contributed by atoms with van der Waals surface area (Å²) < 4.78 is 0. The van der Waals surface area contributed by atoms with Crippen LogP contribution in [0.15, 0.2) is 0 Å². The Labute approximate surface area is 106 Å². The van der Waals surface area contributed by atoms with Crippen LogP contribution >= 0.6 is 58.0 Å². The predicted octanol–water partition coefficient (Wildman–Crippen LogP) is 4.70. The van der Waals surface area contributed by atoms with Crippen LogP contribution in [0.1, 0.15) is 5.56 Å². The highest BCUT2D eigenvalue weighted by molar-refractivity contribution is 6.55. The predicted molar refractivity (Wildman–Crippen MR) is 61.3 cm³/mol. The largest absolute Gasteiger partial charge is 0.303 e. The summed E-state index contributed by atoms with van der Waals surface area (Å²) in [5.41, 5.74) is 0.391. The first-order valence-electron chi connectivity index (χ1n) is 3.44. The lowest BCUT2D eigenvalue weighted by molar-refractivity contribution is -0.107. The van der Waals surface area contributed by atoms with Gasteiger partial charge in [0.15, 0.2) is 0 Å². The fourth-order valence-corrected chi connectivity index (χ4v) is 2.24. The molecule has 0 saturated carbocycles. The molecular formula is C8H3Cl5O. The lowest BCUT2D eigenvalue weighted by Crippen LogP contribution is -1.92. The average Bonchev–Trinajstić information content (AvgIpc) is 2.19. The molecule has 1 aromatic rings. The second kappa shape index (κ2) is 4.91. The Morgan fingerprint density at radius 3 is 1.50 bits per heavy atom. The van der Waals surface area contributed by atoms with Gasteiger partial charge in [-0.1, -0.05) is 58.0 Å². The molecule has 0 aromatic heterocycles. The summed E-state index contributed by atoms with van der Waals surface area (Å²) in [6, 6.07) is 0. The lowest BCUT2D eigenvalue weighted by Gasteiger charge is -2.09. The number of aldehydes is 1. The van der Waals surface area contributed by atoms with Gasteiger partial charge in [-0.05, 0) is 5.56 Å². The molecule has 0 bridgehead atoms. The van der Waals surface area contributed by atoms with E-state index in [1.165, 1.54) is 0 Å². The third-order valence-corrected chi connectivity index (χ3v) is 3.94. The summed E-state index contributed by atoms with van der Waals surface area (Å²) in [6.45, 7) is 0. The van der Waals surface area contributed by atoms with Crippen molar-refractivity contribution in [2.24, 2.45) is 0 Å². The quantitative estimate of drug-likeness (QED) is 0.439. The highest BCUT2D eigenvalue weighted by Crippen LogP contribution is 2.43. The summed E-state index contributed by atoms with van der Waals surface area (Å²) in [7, 11) is 0. The van der Waals surface area contributed by atoms with Gasteiger partial charge in [0.2, 0.25) is 0 Å². The van der Waals surface area contributed by atoms with Crippen molar-refractivity contribution in [1.82, 2.24) is 0 Å². The van der Waals surface area contributed by atoms with E-state index < -0.39 is 0 Å². The first kappa shape index (κ1) is 12.4. The molecule has 1 rings (SSSR count). The minimum atomic E-state index is 0.0499. The highest BCUT2D eigenvalue weighted by atomic mass is 35.5. The van der Waals surface area contributed by atoms with Gasteiger partial charge in [0, 0.05) is 6.42 Å². The van der Waals surface area contributed by atoms with Crippen LogP contribution in [0.2, 0.25) is 25.1 Å². The van der Waals surface area contributed by atoms with E-state index in [4.69, 9.17) is 58.0 Å². The zero-order valence-electron chi connectivity index (χ0n) is 6.58. The number of hydrogen-bond acceptors (Lipinski definition) is 1. The minimum absolute atomic E-state index is 0.0499. The maximum atomic E-state index is 10.3. The first-order chi connectivity index (χ1) is 6.50. The van der Waals surface area contributed by atoms with Crippen LogP contribution in [-0.2, 0) is 11.2 Å². The molecule has 1 nitrogen and oxygen atoms in total. The Hall–Kier alpha value is 0.340. The fraction of sp³-hybridized carbons (Fsp3) is 0.125. The van der Waals surface area contributed by atoms with Crippen molar-refractivity contribution in [1.29, 1.82) is 0 Å². The van der Waals surface area contributed by atoms with Crippen molar-refractivity contribution in [3.63, 3.8) is 0 Å². The molecule has 0 aliphatic carbocycles. The molecule has 0 spiro atoms. The van der Waals surface area contributed by atoms with Gasteiger partial charge in [-0.15, -0.1) is 0 Å². The summed E-state index contributed by atoms with van der Waals surface area (Å²) in [5, 5.41) is 0.647. The summed E-state index contributed by atoms with van der Waals surface area (Å²) in [4.78, 5) is 10.3. The van der Waals surface area contributed by atoms with Crippen LogP contribution in [0.3, 0.4) is 0 Å². The smallest absolute Gasteiger partial charge is 0.124 e. The zero-order valence-corrected chi connectivity index (χ0v) is 10.4. The van der Waals surface area contributed by atoms with Crippen molar-refractivity contribution >= 4 is 64.3 Å². The van der Waals surface area contributed by atoms with E-state index in [2.05, 4.69) is 0 Å². The molecule has 0 aliphatic heterocycles. The Bertz CT molecular complexity index is 359. The number of halogens is 5. The number of carbonyl (C=O) groups is 1. The minimum Gasteiger partial charge on any atom is -0.303 e. The molecule has 0 aliphatic rings. The third kappa shape index (κ3) is 2.12. The molecule has 0 radical (unpaired) electrons.